The average Bonchev–Trinajstić information content (AvgIpc) is 2.37. The Labute approximate surface area is 115 Å². The number of hydrogen-bond donors (Lipinski definition) is 3. The molecule has 0 spiro atoms. The molecule has 1 aliphatic rings. The van der Waals surface area contributed by atoms with Crippen LogP contribution in [0.5, 0.6) is 5.75 Å². The van der Waals surface area contributed by atoms with Crippen molar-refractivity contribution in [3.05, 3.63) is 17.2 Å². The lowest BCUT2D eigenvalue weighted by Gasteiger charge is -2.19. The van der Waals surface area contributed by atoms with Crippen molar-refractivity contribution in [3.63, 3.8) is 0 Å². The van der Waals surface area contributed by atoms with Crippen LogP contribution < -0.4 is 20.7 Å². The van der Waals surface area contributed by atoms with Crippen molar-refractivity contribution in [2.24, 2.45) is 0 Å². The zero-order valence-electron chi connectivity index (χ0n) is 10.4. The summed E-state index contributed by atoms with van der Waals surface area (Å²) < 4.78 is 5.26. The van der Waals surface area contributed by atoms with E-state index in [9.17, 15) is 9.59 Å². The molecule has 0 unspecified atom stereocenters. The molecule has 3 N–H and O–H groups in total. The average molecular weight is 284 g/mol. The standard InChI is InChI=1S/C12H14ClN3O3/c1-14-3-2-11(17)15-8-5-10-9(4-7(8)13)16-12(18)6-19-10/h4-5,14H,2-3,6H2,1H3,(H,15,17)(H,16,18). The largest absolute Gasteiger partial charge is 0.482 e. The molecule has 6 nitrogen and oxygen atoms in total. The van der Waals surface area contributed by atoms with Crippen molar-refractivity contribution in [1.82, 2.24) is 5.32 Å². The van der Waals surface area contributed by atoms with Gasteiger partial charge in [0.2, 0.25) is 5.91 Å². The molecule has 0 fully saturated rings. The number of nitrogens with one attached hydrogen (secondary N) is 3. The first-order valence-electron chi connectivity index (χ1n) is 5.81. The number of halogens is 1. The van der Waals surface area contributed by atoms with Crippen LogP contribution in [0.2, 0.25) is 5.02 Å². The van der Waals surface area contributed by atoms with Gasteiger partial charge in [-0.15, -0.1) is 0 Å². The van der Waals surface area contributed by atoms with Crippen LogP contribution in [0.4, 0.5) is 11.4 Å². The van der Waals surface area contributed by atoms with E-state index < -0.39 is 0 Å². The first-order chi connectivity index (χ1) is 9.10. The third-order valence-electron chi connectivity index (χ3n) is 2.58. The van der Waals surface area contributed by atoms with Gasteiger partial charge in [0.15, 0.2) is 6.61 Å². The van der Waals surface area contributed by atoms with Gasteiger partial charge in [-0.3, -0.25) is 9.59 Å². The van der Waals surface area contributed by atoms with E-state index in [0.717, 1.165) is 0 Å². The molecule has 0 saturated carbocycles. The summed E-state index contributed by atoms with van der Waals surface area (Å²) in [5, 5.41) is 8.58. The summed E-state index contributed by atoms with van der Waals surface area (Å²) in [6, 6.07) is 3.16. The van der Waals surface area contributed by atoms with Gasteiger partial charge < -0.3 is 20.7 Å². The predicted molar refractivity (Wildman–Crippen MR) is 72.8 cm³/mol. The minimum atomic E-state index is -0.227. The Kier molecular flexibility index (Phi) is 4.24. The second kappa shape index (κ2) is 5.90. The third-order valence-corrected chi connectivity index (χ3v) is 2.89. The van der Waals surface area contributed by atoms with Crippen LogP contribution in [-0.2, 0) is 9.59 Å². The van der Waals surface area contributed by atoms with Crippen LogP contribution in [0, 0.1) is 0 Å². The normalized spacial score (nSPS) is 13.3. The van der Waals surface area contributed by atoms with Gasteiger partial charge in [-0.1, -0.05) is 11.6 Å². The van der Waals surface area contributed by atoms with E-state index in [0.29, 0.717) is 35.1 Å². The van der Waals surface area contributed by atoms with Crippen LogP contribution in [0.25, 0.3) is 0 Å². The van der Waals surface area contributed by atoms with E-state index >= 15 is 0 Å². The lowest BCUT2D eigenvalue weighted by Crippen LogP contribution is -2.25. The highest BCUT2D eigenvalue weighted by Gasteiger charge is 2.18. The molecule has 0 aromatic heterocycles. The Morgan fingerprint density at radius 2 is 2.32 bits per heavy atom. The molecule has 19 heavy (non-hydrogen) atoms. The minimum absolute atomic E-state index is 0.0399. The summed E-state index contributed by atoms with van der Waals surface area (Å²) in [5.41, 5.74) is 0.979. The number of anilines is 2. The highest BCUT2D eigenvalue weighted by molar-refractivity contribution is 6.34. The Bertz CT molecular complexity index is 519. The zero-order chi connectivity index (χ0) is 13.8. The van der Waals surface area contributed by atoms with E-state index in [2.05, 4.69) is 16.0 Å². The Hall–Kier alpha value is -1.79. The molecule has 1 aliphatic heterocycles. The number of fused-ring (bicyclic) bond motifs is 1. The van der Waals surface area contributed by atoms with Gasteiger partial charge in [-0.05, 0) is 13.1 Å². The summed E-state index contributed by atoms with van der Waals surface area (Å²) in [6.45, 7) is 0.544. The van der Waals surface area contributed by atoms with Crippen LogP contribution in [-0.4, -0.2) is 32.0 Å². The lowest BCUT2D eigenvalue weighted by atomic mass is 10.2. The van der Waals surface area contributed by atoms with Crippen molar-refractivity contribution in [3.8, 4) is 5.75 Å². The molecule has 0 aliphatic carbocycles. The fourth-order valence-electron chi connectivity index (χ4n) is 1.65. The second-order valence-electron chi connectivity index (χ2n) is 4.07. The summed E-state index contributed by atoms with van der Waals surface area (Å²) in [4.78, 5) is 22.8. The van der Waals surface area contributed by atoms with E-state index in [1.165, 1.54) is 0 Å². The topological polar surface area (TPSA) is 79.5 Å². The molecular weight excluding hydrogens is 270 g/mol. The molecule has 0 atom stereocenters. The highest BCUT2D eigenvalue weighted by Crippen LogP contribution is 2.36. The summed E-state index contributed by atoms with van der Waals surface area (Å²) in [5.74, 6) is 0.123. The third kappa shape index (κ3) is 3.36. The minimum Gasteiger partial charge on any atom is -0.482 e. The molecule has 0 bridgehead atoms. The summed E-state index contributed by atoms with van der Waals surface area (Å²) >= 11 is 6.05. The molecule has 2 rings (SSSR count). The zero-order valence-corrected chi connectivity index (χ0v) is 11.1. The second-order valence-corrected chi connectivity index (χ2v) is 4.47. The van der Waals surface area contributed by atoms with Crippen LogP contribution in [0.1, 0.15) is 6.42 Å². The lowest BCUT2D eigenvalue weighted by molar-refractivity contribution is -0.118. The van der Waals surface area contributed by atoms with Crippen LogP contribution in [0.15, 0.2) is 12.1 Å². The quantitative estimate of drug-likeness (QED) is 0.776. The van der Waals surface area contributed by atoms with Crippen molar-refractivity contribution in [2.45, 2.75) is 6.42 Å². The van der Waals surface area contributed by atoms with Crippen molar-refractivity contribution in [2.75, 3.05) is 30.8 Å². The van der Waals surface area contributed by atoms with E-state index in [1.807, 2.05) is 0 Å². The number of hydrogen-bond acceptors (Lipinski definition) is 4. The van der Waals surface area contributed by atoms with Crippen molar-refractivity contribution >= 4 is 34.8 Å². The molecule has 7 heteroatoms. The number of carbonyl (C=O) groups excluding carboxylic acids is 2. The molecule has 102 valence electrons. The highest BCUT2D eigenvalue weighted by atomic mass is 35.5. The number of carbonyl (C=O) groups is 2. The Morgan fingerprint density at radius 3 is 3.05 bits per heavy atom. The van der Waals surface area contributed by atoms with Crippen molar-refractivity contribution < 1.29 is 14.3 Å². The fraction of sp³-hybridized carbons (Fsp3) is 0.333. The molecule has 0 saturated heterocycles. The number of benzene rings is 1. The maximum Gasteiger partial charge on any atom is 0.262 e. The smallest absolute Gasteiger partial charge is 0.262 e. The molecular formula is C12H14ClN3O3. The van der Waals surface area contributed by atoms with Gasteiger partial charge in [0.1, 0.15) is 5.75 Å². The maximum absolute atomic E-state index is 11.6. The SMILES string of the molecule is CNCCC(=O)Nc1cc2c(cc1Cl)NC(=O)CO2. The summed E-state index contributed by atoms with van der Waals surface area (Å²) in [7, 11) is 1.77. The van der Waals surface area contributed by atoms with Gasteiger partial charge in [-0.25, -0.2) is 0 Å². The Morgan fingerprint density at radius 1 is 1.53 bits per heavy atom. The summed E-state index contributed by atoms with van der Waals surface area (Å²) in [6.07, 6.45) is 0.349. The predicted octanol–water partition coefficient (Wildman–Crippen LogP) is 1.22. The first kappa shape index (κ1) is 13.6. The molecule has 1 heterocycles. The van der Waals surface area contributed by atoms with Gasteiger partial charge in [0.25, 0.3) is 5.91 Å². The van der Waals surface area contributed by atoms with Gasteiger partial charge >= 0.3 is 0 Å². The van der Waals surface area contributed by atoms with Gasteiger partial charge in [0, 0.05) is 19.0 Å². The van der Waals surface area contributed by atoms with Crippen molar-refractivity contribution in [1.29, 1.82) is 0 Å². The van der Waals surface area contributed by atoms with Crippen LogP contribution in [0.3, 0.4) is 0 Å². The molecule has 0 radical (unpaired) electrons. The molecule has 2 amide bonds. The first-order valence-corrected chi connectivity index (χ1v) is 6.18. The molecule has 1 aromatic rings. The Balaban J connectivity index is 2.14. The van der Waals surface area contributed by atoms with E-state index in [-0.39, 0.29) is 18.4 Å². The monoisotopic (exact) mass is 283 g/mol. The number of amides is 2. The fourth-order valence-corrected chi connectivity index (χ4v) is 1.86. The maximum atomic E-state index is 11.6. The van der Waals surface area contributed by atoms with Gasteiger partial charge in [-0.2, -0.15) is 0 Å². The van der Waals surface area contributed by atoms with E-state index in [1.54, 1.807) is 19.2 Å². The molecule has 1 aromatic carbocycles. The van der Waals surface area contributed by atoms with Gasteiger partial charge in [0.05, 0.1) is 16.4 Å². The number of rotatable bonds is 4. The number of ether oxygens (including phenoxy) is 1. The van der Waals surface area contributed by atoms with E-state index in [4.69, 9.17) is 16.3 Å². The van der Waals surface area contributed by atoms with Crippen LogP contribution >= 0.6 is 11.6 Å².